The number of ether oxygens (including phenoxy) is 1. The number of hydrazone groups is 1. The average Bonchev–Trinajstić information content (AvgIpc) is 2.69. The number of nitrogens with zero attached hydrogens (tertiary/aromatic N) is 1. The zero-order chi connectivity index (χ0) is 20.2. The molecule has 0 aliphatic heterocycles. The van der Waals surface area contributed by atoms with Gasteiger partial charge in [-0.3, -0.25) is 9.59 Å². The van der Waals surface area contributed by atoms with Crippen LogP contribution in [0.3, 0.4) is 0 Å². The van der Waals surface area contributed by atoms with Crippen LogP contribution in [0.4, 0.5) is 4.39 Å². The van der Waals surface area contributed by atoms with E-state index in [4.69, 9.17) is 4.74 Å². The van der Waals surface area contributed by atoms with Crippen molar-refractivity contribution >= 4 is 18.0 Å². The van der Waals surface area contributed by atoms with E-state index >= 15 is 0 Å². The molecule has 7 heteroatoms. The number of amides is 2. The van der Waals surface area contributed by atoms with Crippen molar-refractivity contribution in [2.45, 2.75) is 26.2 Å². The molecule has 0 aliphatic carbocycles. The molecule has 0 atom stereocenters. The molecule has 0 fully saturated rings. The minimum Gasteiger partial charge on any atom is -0.494 e. The third-order valence-corrected chi connectivity index (χ3v) is 3.81. The maximum Gasteiger partial charge on any atom is 0.254 e. The monoisotopic (exact) mass is 385 g/mol. The molecule has 0 unspecified atom stereocenters. The van der Waals surface area contributed by atoms with E-state index in [0.29, 0.717) is 6.61 Å². The molecule has 2 rings (SSSR count). The standard InChI is InChI=1S/C21H24FN3O3/c1-2-3-14-28-17-10-8-16(9-11-17)15-24-25-20(26)12-13-23-21(27)18-6-4-5-7-19(18)22/h4-11,15H,2-3,12-14H2,1H3,(H,23,27)(H,25,26). The van der Waals surface area contributed by atoms with E-state index in [9.17, 15) is 14.0 Å². The van der Waals surface area contributed by atoms with E-state index in [1.54, 1.807) is 6.07 Å². The van der Waals surface area contributed by atoms with Crippen LogP contribution in [-0.2, 0) is 4.79 Å². The Labute approximate surface area is 163 Å². The van der Waals surface area contributed by atoms with E-state index in [1.165, 1.54) is 24.4 Å². The first-order chi connectivity index (χ1) is 13.6. The van der Waals surface area contributed by atoms with Crippen molar-refractivity contribution in [3.05, 3.63) is 65.5 Å². The lowest BCUT2D eigenvalue weighted by atomic mass is 10.2. The number of benzene rings is 2. The molecule has 2 amide bonds. The maximum absolute atomic E-state index is 13.5. The van der Waals surface area contributed by atoms with Crippen molar-refractivity contribution < 1.29 is 18.7 Å². The topological polar surface area (TPSA) is 79.8 Å². The number of unbranched alkanes of at least 4 members (excludes halogenated alkanes) is 1. The second kappa shape index (κ2) is 11.5. The van der Waals surface area contributed by atoms with E-state index in [-0.39, 0.29) is 24.4 Å². The fraction of sp³-hybridized carbons (Fsp3) is 0.286. The van der Waals surface area contributed by atoms with Gasteiger partial charge >= 0.3 is 0 Å². The van der Waals surface area contributed by atoms with Gasteiger partial charge in [-0.25, -0.2) is 9.82 Å². The highest BCUT2D eigenvalue weighted by atomic mass is 19.1. The van der Waals surface area contributed by atoms with Gasteiger partial charge in [-0.05, 0) is 48.4 Å². The fourth-order valence-electron chi connectivity index (χ4n) is 2.25. The smallest absolute Gasteiger partial charge is 0.254 e. The molecule has 0 saturated carbocycles. The lowest BCUT2D eigenvalue weighted by Gasteiger charge is -2.05. The molecule has 0 bridgehead atoms. The van der Waals surface area contributed by atoms with E-state index < -0.39 is 11.7 Å². The fourth-order valence-corrected chi connectivity index (χ4v) is 2.25. The highest BCUT2D eigenvalue weighted by Crippen LogP contribution is 2.11. The van der Waals surface area contributed by atoms with Crippen LogP contribution in [0.1, 0.15) is 42.1 Å². The van der Waals surface area contributed by atoms with Crippen LogP contribution in [0, 0.1) is 5.82 Å². The van der Waals surface area contributed by atoms with Gasteiger partial charge in [0.25, 0.3) is 5.91 Å². The predicted octanol–water partition coefficient (Wildman–Crippen LogP) is 3.27. The van der Waals surface area contributed by atoms with Crippen LogP contribution >= 0.6 is 0 Å². The summed E-state index contributed by atoms with van der Waals surface area (Å²) in [6.07, 6.45) is 3.64. The maximum atomic E-state index is 13.5. The summed E-state index contributed by atoms with van der Waals surface area (Å²) in [5.74, 6) is -0.726. The van der Waals surface area contributed by atoms with Crippen molar-refractivity contribution in [2.24, 2.45) is 5.10 Å². The van der Waals surface area contributed by atoms with Crippen LogP contribution in [0.15, 0.2) is 53.6 Å². The van der Waals surface area contributed by atoms with Gasteiger partial charge in [0.1, 0.15) is 11.6 Å². The Bertz CT molecular complexity index is 807. The first-order valence-corrected chi connectivity index (χ1v) is 9.17. The molecule has 2 aromatic rings. The number of carbonyl (C=O) groups excluding carboxylic acids is 2. The van der Waals surface area contributed by atoms with Gasteiger partial charge in [-0.2, -0.15) is 5.10 Å². The Morgan fingerprint density at radius 3 is 2.61 bits per heavy atom. The van der Waals surface area contributed by atoms with Crippen molar-refractivity contribution in [3.63, 3.8) is 0 Å². The van der Waals surface area contributed by atoms with Crippen molar-refractivity contribution in [3.8, 4) is 5.75 Å². The number of hydrogen-bond donors (Lipinski definition) is 2. The van der Waals surface area contributed by atoms with E-state index in [0.717, 1.165) is 24.2 Å². The summed E-state index contributed by atoms with van der Waals surface area (Å²) in [4.78, 5) is 23.6. The lowest BCUT2D eigenvalue weighted by molar-refractivity contribution is -0.120. The van der Waals surface area contributed by atoms with Gasteiger partial charge in [-0.1, -0.05) is 25.5 Å². The Morgan fingerprint density at radius 2 is 1.89 bits per heavy atom. The molecule has 0 aromatic heterocycles. The number of rotatable bonds is 10. The van der Waals surface area contributed by atoms with Gasteiger partial charge < -0.3 is 10.1 Å². The Kier molecular flexibility index (Phi) is 8.65. The number of carbonyl (C=O) groups is 2. The molecule has 148 valence electrons. The highest BCUT2D eigenvalue weighted by molar-refractivity contribution is 5.94. The van der Waals surface area contributed by atoms with Crippen LogP contribution in [-0.4, -0.2) is 31.2 Å². The van der Waals surface area contributed by atoms with E-state index in [2.05, 4.69) is 22.8 Å². The summed E-state index contributed by atoms with van der Waals surface area (Å²) >= 11 is 0. The van der Waals surface area contributed by atoms with Crippen molar-refractivity contribution in [1.82, 2.24) is 10.7 Å². The van der Waals surface area contributed by atoms with Crippen molar-refractivity contribution in [2.75, 3.05) is 13.2 Å². The van der Waals surface area contributed by atoms with Crippen LogP contribution in [0.2, 0.25) is 0 Å². The quantitative estimate of drug-likeness (QED) is 0.374. The Hall–Kier alpha value is -3.22. The second-order valence-electron chi connectivity index (χ2n) is 6.05. The van der Waals surface area contributed by atoms with Crippen LogP contribution in [0.25, 0.3) is 0 Å². The Balaban J connectivity index is 1.69. The van der Waals surface area contributed by atoms with Crippen LogP contribution < -0.4 is 15.5 Å². The predicted molar refractivity (Wildman–Crippen MR) is 106 cm³/mol. The van der Waals surface area contributed by atoms with Gasteiger partial charge in [0, 0.05) is 13.0 Å². The summed E-state index contributed by atoms with van der Waals surface area (Å²) in [6.45, 7) is 2.88. The normalized spacial score (nSPS) is 10.6. The molecule has 2 aromatic carbocycles. The molecule has 0 radical (unpaired) electrons. The molecule has 0 spiro atoms. The summed E-state index contributed by atoms with van der Waals surface area (Å²) in [5.41, 5.74) is 3.15. The molecular weight excluding hydrogens is 361 g/mol. The largest absolute Gasteiger partial charge is 0.494 e. The second-order valence-corrected chi connectivity index (χ2v) is 6.05. The summed E-state index contributed by atoms with van der Waals surface area (Å²) < 4.78 is 19.1. The van der Waals surface area contributed by atoms with Gasteiger partial charge in [0.05, 0.1) is 18.4 Å². The number of hydrogen-bond acceptors (Lipinski definition) is 4. The van der Waals surface area contributed by atoms with Gasteiger partial charge in [0.2, 0.25) is 5.91 Å². The van der Waals surface area contributed by atoms with Gasteiger partial charge in [0.15, 0.2) is 0 Å². The lowest BCUT2D eigenvalue weighted by Crippen LogP contribution is -2.29. The minimum absolute atomic E-state index is 0.0295. The molecule has 28 heavy (non-hydrogen) atoms. The first-order valence-electron chi connectivity index (χ1n) is 9.17. The molecular formula is C21H24FN3O3. The Morgan fingerprint density at radius 1 is 1.14 bits per heavy atom. The zero-order valence-corrected chi connectivity index (χ0v) is 15.8. The summed E-state index contributed by atoms with van der Waals surface area (Å²) in [6, 6.07) is 13.0. The summed E-state index contributed by atoms with van der Waals surface area (Å²) in [5, 5.41) is 6.38. The van der Waals surface area contributed by atoms with Gasteiger partial charge in [-0.15, -0.1) is 0 Å². The molecule has 2 N–H and O–H groups in total. The first kappa shape index (κ1) is 21.1. The third-order valence-electron chi connectivity index (χ3n) is 3.81. The van der Waals surface area contributed by atoms with Crippen molar-refractivity contribution in [1.29, 1.82) is 0 Å². The third kappa shape index (κ3) is 7.19. The molecule has 0 saturated heterocycles. The summed E-state index contributed by atoms with van der Waals surface area (Å²) in [7, 11) is 0. The molecule has 0 aliphatic rings. The number of nitrogens with one attached hydrogen (secondary N) is 2. The number of halogens is 1. The SMILES string of the molecule is CCCCOc1ccc(C=NNC(=O)CCNC(=O)c2ccccc2F)cc1. The zero-order valence-electron chi connectivity index (χ0n) is 15.8. The molecule has 0 heterocycles. The minimum atomic E-state index is -0.601. The average molecular weight is 385 g/mol. The van der Waals surface area contributed by atoms with Crippen LogP contribution in [0.5, 0.6) is 5.75 Å². The van der Waals surface area contributed by atoms with E-state index in [1.807, 2.05) is 24.3 Å². The molecule has 6 nitrogen and oxygen atoms in total. The highest BCUT2D eigenvalue weighted by Gasteiger charge is 2.10.